The summed E-state index contributed by atoms with van der Waals surface area (Å²) >= 11 is 0. The molecule has 0 spiro atoms. The van der Waals surface area contributed by atoms with Crippen LogP contribution in [-0.2, 0) is 9.53 Å². The van der Waals surface area contributed by atoms with Crippen LogP contribution in [-0.4, -0.2) is 36.5 Å². The van der Waals surface area contributed by atoms with Crippen LogP contribution in [0.1, 0.15) is 47.2 Å². The number of amides is 1. The quantitative estimate of drug-likeness (QED) is 0.804. The average molecular weight is 289 g/mol. The SMILES string of the molecule is Cc1ccc(C(=O)OCC(=O)N2CCCCCC2)cc1C. The van der Waals surface area contributed by atoms with Crippen LogP contribution in [0.2, 0.25) is 0 Å². The lowest BCUT2D eigenvalue weighted by atomic mass is 10.1. The van der Waals surface area contributed by atoms with Crippen molar-refractivity contribution in [1.82, 2.24) is 4.90 Å². The number of benzene rings is 1. The number of nitrogens with zero attached hydrogens (tertiary/aromatic N) is 1. The van der Waals surface area contributed by atoms with Crippen LogP contribution < -0.4 is 0 Å². The van der Waals surface area contributed by atoms with E-state index in [1.165, 1.54) is 12.8 Å². The molecule has 0 aromatic heterocycles. The molecule has 1 aliphatic heterocycles. The monoisotopic (exact) mass is 289 g/mol. The smallest absolute Gasteiger partial charge is 0.338 e. The molecule has 1 aliphatic rings. The molecular formula is C17H23NO3. The minimum atomic E-state index is -0.429. The van der Waals surface area contributed by atoms with E-state index in [-0.39, 0.29) is 12.5 Å². The molecule has 0 unspecified atom stereocenters. The molecule has 1 heterocycles. The number of ether oxygens (including phenoxy) is 1. The number of carbonyl (C=O) groups is 2. The first-order chi connectivity index (χ1) is 10.1. The van der Waals surface area contributed by atoms with Crippen LogP contribution >= 0.6 is 0 Å². The van der Waals surface area contributed by atoms with Gasteiger partial charge in [-0.1, -0.05) is 18.9 Å². The maximum absolute atomic E-state index is 12.1. The molecular weight excluding hydrogens is 266 g/mol. The molecule has 114 valence electrons. The van der Waals surface area contributed by atoms with Gasteiger partial charge in [0.05, 0.1) is 5.56 Å². The number of carbonyl (C=O) groups excluding carboxylic acids is 2. The van der Waals surface area contributed by atoms with E-state index in [1.54, 1.807) is 17.0 Å². The van der Waals surface area contributed by atoms with Crippen molar-refractivity contribution in [3.8, 4) is 0 Å². The summed E-state index contributed by atoms with van der Waals surface area (Å²) in [5.41, 5.74) is 2.68. The fourth-order valence-electron chi connectivity index (χ4n) is 2.49. The van der Waals surface area contributed by atoms with E-state index in [2.05, 4.69) is 0 Å². The number of aryl methyl sites for hydroxylation is 2. The summed E-state index contributed by atoms with van der Waals surface area (Å²) in [6, 6.07) is 5.43. The minimum Gasteiger partial charge on any atom is -0.452 e. The topological polar surface area (TPSA) is 46.6 Å². The number of hydrogen-bond donors (Lipinski definition) is 0. The first-order valence-corrected chi connectivity index (χ1v) is 7.60. The van der Waals surface area contributed by atoms with Gasteiger partial charge in [-0.05, 0) is 49.9 Å². The maximum atomic E-state index is 12.1. The van der Waals surface area contributed by atoms with Crippen molar-refractivity contribution in [3.63, 3.8) is 0 Å². The van der Waals surface area contributed by atoms with E-state index in [9.17, 15) is 9.59 Å². The summed E-state index contributed by atoms with van der Waals surface area (Å²) in [5.74, 6) is -0.518. The van der Waals surface area contributed by atoms with Crippen LogP contribution in [0.3, 0.4) is 0 Å². The molecule has 2 rings (SSSR count). The fourth-order valence-corrected chi connectivity index (χ4v) is 2.49. The molecule has 0 aliphatic carbocycles. The zero-order valence-electron chi connectivity index (χ0n) is 12.9. The Kier molecular flexibility index (Phi) is 5.37. The van der Waals surface area contributed by atoms with Gasteiger partial charge >= 0.3 is 5.97 Å². The lowest BCUT2D eigenvalue weighted by molar-refractivity contribution is -0.134. The van der Waals surface area contributed by atoms with Crippen molar-refractivity contribution in [2.45, 2.75) is 39.5 Å². The Morgan fingerprint density at radius 2 is 1.71 bits per heavy atom. The van der Waals surface area contributed by atoms with Gasteiger partial charge in [-0.2, -0.15) is 0 Å². The summed E-state index contributed by atoms with van der Waals surface area (Å²) in [4.78, 5) is 25.8. The molecule has 4 heteroatoms. The van der Waals surface area contributed by atoms with Crippen molar-refractivity contribution in [3.05, 3.63) is 34.9 Å². The molecule has 1 amide bonds. The lowest BCUT2D eigenvalue weighted by Crippen LogP contribution is -2.35. The second-order valence-electron chi connectivity index (χ2n) is 5.67. The van der Waals surface area contributed by atoms with E-state index in [0.717, 1.165) is 37.1 Å². The highest BCUT2D eigenvalue weighted by Crippen LogP contribution is 2.12. The molecule has 1 aromatic carbocycles. The second kappa shape index (κ2) is 7.25. The van der Waals surface area contributed by atoms with Crippen LogP contribution in [0.15, 0.2) is 18.2 Å². The van der Waals surface area contributed by atoms with Gasteiger partial charge in [-0.15, -0.1) is 0 Å². The Labute approximate surface area is 126 Å². The van der Waals surface area contributed by atoms with Gasteiger partial charge in [-0.25, -0.2) is 4.79 Å². The zero-order chi connectivity index (χ0) is 15.2. The summed E-state index contributed by atoms with van der Waals surface area (Å²) in [6.07, 6.45) is 4.42. The molecule has 0 bridgehead atoms. The highest BCUT2D eigenvalue weighted by atomic mass is 16.5. The third-order valence-corrected chi connectivity index (χ3v) is 4.03. The van der Waals surface area contributed by atoms with Gasteiger partial charge in [0, 0.05) is 13.1 Å². The Balaban J connectivity index is 1.87. The largest absolute Gasteiger partial charge is 0.452 e. The number of esters is 1. The fraction of sp³-hybridized carbons (Fsp3) is 0.529. The highest BCUT2D eigenvalue weighted by Gasteiger charge is 2.17. The summed E-state index contributed by atoms with van der Waals surface area (Å²) in [6.45, 7) is 5.34. The van der Waals surface area contributed by atoms with Crippen molar-refractivity contribution in [2.75, 3.05) is 19.7 Å². The Hall–Kier alpha value is -1.84. The predicted molar refractivity (Wildman–Crippen MR) is 81.2 cm³/mol. The summed E-state index contributed by atoms with van der Waals surface area (Å²) in [7, 11) is 0. The highest BCUT2D eigenvalue weighted by molar-refractivity contribution is 5.91. The molecule has 0 saturated carbocycles. The van der Waals surface area contributed by atoms with Crippen molar-refractivity contribution < 1.29 is 14.3 Å². The molecule has 0 N–H and O–H groups in total. The van der Waals surface area contributed by atoms with Gasteiger partial charge in [0.1, 0.15) is 0 Å². The van der Waals surface area contributed by atoms with Crippen LogP contribution in [0.25, 0.3) is 0 Å². The lowest BCUT2D eigenvalue weighted by Gasteiger charge is -2.20. The number of likely N-dealkylation sites (tertiary alicyclic amines) is 1. The van der Waals surface area contributed by atoms with Crippen molar-refractivity contribution >= 4 is 11.9 Å². The predicted octanol–water partition coefficient (Wildman–Crippen LogP) is 2.86. The van der Waals surface area contributed by atoms with Crippen molar-refractivity contribution in [2.24, 2.45) is 0 Å². The normalized spacial score (nSPS) is 15.4. The van der Waals surface area contributed by atoms with E-state index in [0.29, 0.717) is 5.56 Å². The number of rotatable bonds is 3. The maximum Gasteiger partial charge on any atom is 0.338 e. The average Bonchev–Trinajstić information content (AvgIpc) is 2.76. The van der Waals surface area contributed by atoms with Crippen molar-refractivity contribution in [1.29, 1.82) is 0 Å². The molecule has 1 aromatic rings. The van der Waals surface area contributed by atoms with Gasteiger partial charge in [-0.3, -0.25) is 4.79 Å². The molecule has 1 fully saturated rings. The Morgan fingerprint density at radius 3 is 2.33 bits per heavy atom. The molecule has 21 heavy (non-hydrogen) atoms. The molecule has 0 radical (unpaired) electrons. The van der Waals surface area contributed by atoms with Gasteiger partial charge in [0.2, 0.25) is 0 Å². The second-order valence-corrected chi connectivity index (χ2v) is 5.67. The van der Waals surface area contributed by atoms with E-state index in [4.69, 9.17) is 4.74 Å². The Bertz CT molecular complexity index is 517. The summed E-state index contributed by atoms with van der Waals surface area (Å²) < 4.78 is 5.15. The zero-order valence-corrected chi connectivity index (χ0v) is 12.9. The Morgan fingerprint density at radius 1 is 1.05 bits per heavy atom. The van der Waals surface area contributed by atoms with E-state index in [1.807, 2.05) is 19.9 Å². The number of hydrogen-bond acceptors (Lipinski definition) is 3. The van der Waals surface area contributed by atoms with Crippen LogP contribution in [0.4, 0.5) is 0 Å². The minimum absolute atomic E-state index is 0.0888. The third-order valence-electron chi connectivity index (χ3n) is 4.03. The van der Waals surface area contributed by atoms with Gasteiger partial charge < -0.3 is 9.64 Å². The van der Waals surface area contributed by atoms with E-state index < -0.39 is 5.97 Å². The van der Waals surface area contributed by atoms with Gasteiger partial charge in [0.25, 0.3) is 5.91 Å². The van der Waals surface area contributed by atoms with Crippen LogP contribution in [0.5, 0.6) is 0 Å². The first-order valence-electron chi connectivity index (χ1n) is 7.60. The van der Waals surface area contributed by atoms with E-state index >= 15 is 0 Å². The molecule has 0 atom stereocenters. The molecule has 1 saturated heterocycles. The summed E-state index contributed by atoms with van der Waals surface area (Å²) in [5, 5.41) is 0. The van der Waals surface area contributed by atoms with Crippen LogP contribution in [0, 0.1) is 13.8 Å². The standard InChI is InChI=1S/C17H23NO3/c1-13-7-8-15(11-14(13)2)17(20)21-12-16(19)18-9-5-3-4-6-10-18/h7-8,11H,3-6,9-10,12H2,1-2H3. The molecule has 4 nitrogen and oxygen atoms in total. The first kappa shape index (κ1) is 15.5. The van der Waals surface area contributed by atoms with Gasteiger partial charge in [0.15, 0.2) is 6.61 Å². The third kappa shape index (κ3) is 4.31.